The van der Waals surface area contributed by atoms with Gasteiger partial charge in [0.1, 0.15) is 11.9 Å². The van der Waals surface area contributed by atoms with E-state index in [2.05, 4.69) is 19.8 Å². The van der Waals surface area contributed by atoms with Crippen molar-refractivity contribution in [2.24, 2.45) is 4.99 Å². The third-order valence-electron chi connectivity index (χ3n) is 7.75. The van der Waals surface area contributed by atoms with E-state index in [0.717, 1.165) is 5.69 Å². The van der Waals surface area contributed by atoms with Gasteiger partial charge in [-0.25, -0.2) is 27.2 Å². The molecule has 15 heteroatoms. The topological polar surface area (TPSA) is 105 Å². The molecule has 2 fully saturated rings. The molecule has 0 radical (unpaired) electrons. The number of fused-ring (bicyclic) bond motifs is 1. The molecule has 0 unspecified atom stereocenters. The molecule has 1 saturated heterocycles. The number of alkyl halides is 2. The molecular formula is C28H23ClF3N7O2S2. The second kappa shape index (κ2) is 10.8. The van der Waals surface area contributed by atoms with Crippen LogP contribution in [-0.2, 0) is 10.0 Å². The van der Waals surface area contributed by atoms with Crippen molar-refractivity contribution in [1.29, 1.82) is 0 Å². The zero-order valence-electron chi connectivity index (χ0n) is 22.2. The van der Waals surface area contributed by atoms with Crippen LogP contribution < -0.4 is 4.72 Å². The van der Waals surface area contributed by atoms with Crippen molar-refractivity contribution >= 4 is 44.4 Å². The van der Waals surface area contributed by atoms with E-state index in [0.29, 0.717) is 38.8 Å². The van der Waals surface area contributed by atoms with Crippen LogP contribution in [0.3, 0.4) is 0 Å². The number of pyridine rings is 1. The molecule has 1 N–H and O–H groups in total. The molecule has 222 valence electrons. The molecule has 9 nitrogen and oxygen atoms in total. The van der Waals surface area contributed by atoms with E-state index in [9.17, 15) is 21.6 Å². The molecule has 4 atom stereocenters. The Morgan fingerprint density at radius 1 is 1.12 bits per heavy atom. The number of benzene rings is 1. The van der Waals surface area contributed by atoms with Gasteiger partial charge >= 0.3 is 6.55 Å². The summed E-state index contributed by atoms with van der Waals surface area (Å²) >= 11 is 7.86. The highest BCUT2D eigenvalue weighted by Gasteiger charge is 2.51. The third kappa shape index (κ3) is 5.26. The summed E-state index contributed by atoms with van der Waals surface area (Å²) in [6.45, 7) is -2.63. The van der Waals surface area contributed by atoms with E-state index in [-0.39, 0.29) is 29.6 Å². The van der Waals surface area contributed by atoms with Crippen LogP contribution in [0.15, 0.2) is 77.1 Å². The summed E-state index contributed by atoms with van der Waals surface area (Å²) in [5, 5.41) is 6.00. The van der Waals surface area contributed by atoms with Crippen LogP contribution in [0.1, 0.15) is 53.3 Å². The van der Waals surface area contributed by atoms with Crippen molar-refractivity contribution in [3.63, 3.8) is 0 Å². The number of sulfonamides is 1. The summed E-state index contributed by atoms with van der Waals surface area (Å²) in [7, 11) is -3.72. The number of hydrogen-bond acceptors (Lipinski definition) is 8. The van der Waals surface area contributed by atoms with Gasteiger partial charge in [0.05, 0.1) is 10.9 Å². The lowest BCUT2D eigenvalue weighted by atomic mass is 9.92. The van der Waals surface area contributed by atoms with Gasteiger partial charge in [-0.3, -0.25) is 9.98 Å². The molecule has 0 amide bonds. The molecular weight excluding hydrogens is 623 g/mol. The Morgan fingerprint density at radius 3 is 2.67 bits per heavy atom. The predicted octanol–water partition coefficient (Wildman–Crippen LogP) is 5.38. The molecule has 7 rings (SSSR count). The van der Waals surface area contributed by atoms with Gasteiger partial charge in [0.15, 0.2) is 10.8 Å². The molecule has 43 heavy (non-hydrogen) atoms. The molecule has 5 heterocycles. The number of aliphatic imine (C=N–C) groups is 1. The maximum Gasteiger partial charge on any atom is 0.333 e. The number of halogens is 4. The van der Waals surface area contributed by atoms with Gasteiger partial charge in [0.2, 0.25) is 10.0 Å². The minimum atomic E-state index is -3.72. The molecule has 0 bridgehead atoms. The highest BCUT2D eigenvalue weighted by molar-refractivity contribution is 7.90. The van der Waals surface area contributed by atoms with E-state index in [4.69, 9.17) is 16.6 Å². The van der Waals surface area contributed by atoms with Crippen molar-refractivity contribution in [3.05, 3.63) is 105 Å². The smallest absolute Gasteiger partial charge is 0.326 e. The fourth-order valence-electron chi connectivity index (χ4n) is 5.77. The Hall–Kier alpha value is -3.59. The summed E-state index contributed by atoms with van der Waals surface area (Å²) in [5.74, 6) is -0.244. The molecule has 4 aromatic rings. The predicted molar refractivity (Wildman–Crippen MR) is 156 cm³/mol. The number of rotatable bonds is 8. The van der Waals surface area contributed by atoms with E-state index in [1.165, 1.54) is 41.8 Å². The first-order valence-corrected chi connectivity index (χ1v) is 16.2. The molecule has 3 aliphatic rings. The zero-order valence-corrected chi connectivity index (χ0v) is 24.6. The Kier molecular flexibility index (Phi) is 7.11. The van der Waals surface area contributed by atoms with Crippen molar-refractivity contribution in [2.75, 3.05) is 6.54 Å². The minimum Gasteiger partial charge on any atom is -0.326 e. The number of nitrogens with zero attached hydrogens (tertiary/aromatic N) is 6. The molecule has 0 spiro atoms. The largest absolute Gasteiger partial charge is 0.333 e. The molecule has 1 aromatic carbocycles. The second-order valence-corrected chi connectivity index (χ2v) is 13.7. The molecule has 3 aromatic heterocycles. The van der Waals surface area contributed by atoms with Crippen LogP contribution in [0, 0.1) is 5.82 Å². The van der Waals surface area contributed by atoms with Crippen LogP contribution in [0.2, 0.25) is 5.02 Å². The average Bonchev–Trinajstić information content (AvgIpc) is 3.31. The van der Waals surface area contributed by atoms with Gasteiger partial charge in [-0.2, -0.15) is 13.9 Å². The summed E-state index contributed by atoms with van der Waals surface area (Å²) in [4.78, 5) is 15.6. The van der Waals surface area contributed by atoms with Crippen LogP contribution in [0.4, 0.5) is 13.2 Å². The Morgan fingerprint density at radius 2 is 1.98 bits per heavy atom. The lowest BCUT2D eigenvalue weighted by Crippen LogP contribution is -2.40. The molecule has 1 saturated carbocycles. The highest BCUT2D eigenvalue weighted by atomic mass is 35.5. The van der Waals surface area contributed by atoms with E-state index >= 15 is 0 Å². The fourth-order valence-corrected chi connectivity index (χ4v) is 8.51. The number of aromatic nitrogens is 4. The number of thiazole rings is 1. The first kappa shape index (κ1) is 28.2. The van der Waals surface area contributed by atoms with Crippen molar-refractivity contribution in [1.82, 2.24) is 29.4 Å². The van der Waals surface area contributed by atoms with Crippen LogP contribution in [-0.4, -0.2) is 56.7 Å². The molecule has 1 aliphatic carbocycles. The summed E-state index contributed by atoms with van der Waals surface area (Å²) in [6.07, 6.45) is 5.15. The van der Waals surface area contributed by atoms with Crippen molar-refractivity contribution in [3.8, 4) is 0 Å². The standard InChI is InChI=1S/C28H23ClF3N7O2S2/c29-19-11-15(30)4-5-17(19)25-24(21-6-9-39(36-21)28(31)32)22-12-16(14-38(22)26(35-25)27-34-8-10-42-27)37-43(40,41)23-13-18(23)20-3-1-2-7-33-20/h1-11,16,18,23,25,28,37H,12-14H2/t16-,18-,23-,25-/m0/s1. The summed E-state index contributed by atoms with van der Waals surface area (Å²) in [5.41, 5.74) is 2.54. The van der Waals surface area contributed by atoms with Crippen molar-refractivity contribution in [2.45, 2.75) is 42.6 Å². The van der Waals surface area contributed by atoms with Gasteiger partial charge in [-0.15, -0.1) is 11.3 Å². The Labute approximate surface area is 253 Å². The third-order valence-corrected chi connectivity index (χ3v) is 10.8. The van der Waals surface area contributed by atoms with Gasteiger partial charge in [-0.1, -0.05) is 23.7 Å². The van der Waals surface area contributed by atoms with Crippen LogP contribution >= 0.6 is 22.9 Å². The zero-order chi connectivity index (χ0) is 29.9. The van der Waals surface area contributed by atoms with Crippen molar-refractivity contribution < 1.29 is 21.6 Å². The van der Waals surface area contributed by atoms with Gasteiger partial charge in [-0.05, 0) is 36.8 Å². The summed E-state index contributed by atoms with van der Waals surface area (Å²) < 4.78 is 71.6. The average molecular weight is 646 g/mol. The number of hydrogen-bond donors (Lipinski definition) is 1. The summed E-state index contributed by atoms with van der Waals surface area (Å²) in [6, 6.07) is 9.43. The highest BCUT2D eigenvalue weighted by Crippen LogP contribution is 2.48. The quantitative estimate of drug-likeness (QED) is 0.276. The fraction of sp³-hybridized carbons (Fsp3) is 0.286. The second-order valence-electron chi connectivity index (χ2n) is 10.5. The maximum atomic E-state index is 14.0. The van der Waals surface area contributed by atoms with E-state index < -0.39 is 39.7 Å². The first-order valence-electron chi connectivity index (χ1n) is 13.4. The number of nitrogens with one attached hydrogen (secondary N) is 1. The normalized spacial score (nSPS) is 23.6. The Balaban J connectivity index is 1.29. The van der Waals surface area contributed by atoms with Crippen LogP contribution in [0.5, 0.6) is 0 Å². The monoisotopic (exact) mass is 645 g/mol. The van der Waals surface area contributed by atoms with Gasteiger partial charge in [0.25, 0.3) is 0 Å². The minimum absolute atomic E-state index is 0.108. The number of amidine groups is 1. The van der Waals surface area contributed by atoms with Crippen LogP contribution in [0.25, 0.3) is 5.57 Å². The SMILES string of the molecule is O=S(=O)(N[C@H]1CC2=C(c3ccn(C(F)F)n3)[C@H](c3ccc(F)cc3Cl)N=C(c3nccs3)N2C1)[C@H]1C[C@H]1c1ccccn1. The maximum absolute atomic E-state index is 14.0. The lowest BCUT2D eigenvalue weighted by Gasteiger charge is -2.32. The Bertz CT molecular complexity index is 1850. The van der Waals surface area contributed by atoms with E-state index in [1.807, 2.05) is 17.0 Å². The van der Waals surface area contributed by atoms with Gasteiger partial charge in [0, 0.05) is 76.4 Å². The first-order chi connectivity index (χ1) is 20.7. The van der Waals surface area contributed by atoms with E-state index in [1.54, 1.807) is 23.8 Å². The lowest BCUT2D eigenvalue weighted by molar-refractivity contribution is 0.0564. The van der Waals surface area contributed by atoms with Gasteiger partial charge < -0.3 is 4.90 Å². The molecule has 2 aliphatic heterocycles.